The van der Waals surface area contributed by atoms with Crippen molar-refractivity contribution in [3.05, 3.63) is 15.0 Å². The van der Waals surface area contributed by atoms with E-state index in [1.807, 2.05) is 13.2 Å². The number of likely N-dealkylation sites (N-methyl/N-ethyl adjacent to an activating group) is 1. The minimum absolute atomic E-state index is 0.655. The molecule has 2 rings (SSSR count). The van der Waals surface area contributed by atoms with E-state index in [0.717, 1.165) is 16.9 Å². The molecule has 15 heavy (non-hydrogen) atoms. The average Bonchev–Trinajstić information content (AvgIpc) is 2.64. The summed E-state index contributed by atoms with van der Waals surface area (Å²) >= 11 is 5.18. The smallest absolute Gasteiger partial charge is 0.108 e. The van der Waals surface area contributed by atoms with E-state index in [4.69, 9.17) is 0 Å². The molecule has 0 amide bonds. The maximum Gasteiger partial charge on any atom is 0.108 e. The van der Waals surface area contributed by atoms with Gasteiger partial charge in [0, 0.05) is 12.6 Å². The van der Waals surface area contributed by atoms with Crippen molar-refractivity contribution in [3.8, 4) is 0 Å². The third kappa shape index (κ3) is 3.24. The van der Waals surface area contributed by atoms with E-state index in [1.165, 1.54) is 24.4 Å². The molecule has 0 aromatic carbocycles. The molecule has 1 saturated heterocycles. The molecule has 1 N–H and O–H groups in total. The van der Waals surface area contributed by atoms with Crippen molar-refractivity contribution in [1.29, 1.82) is 0 Å². The molecule has 0 bridgehead atoms. The minimum Gasteiger partial charge on any atom is -0.316 e. The molecule has 2 heterocycles. The highest BCUT2D eigenvalue weighted by Crippen LogP contribution is 2.21. The second kappa shape index (κ2) is 5.39. The maximum absolute atomic E-state index is 4.37. The fraction of sp³-hybridized carbons (Fsp3) is 0.700. The summed E-state index contributed by atoms with van der Waals surface area (Å²) in [6, 6.07) is 0.655. The molecule has 1 atom stereocenters. The topological polar surface area (TPSA) is 28.2 Å². The Labute approximate surface area is 103 Å². The molecular formula is C10H16BrN3S. The first-order valence-electron chi connectivity index (χ1n) is 5.28. The zero-order valence-corrected chi connectivity index (χ0v) is 11.3. The second-order valence-corrected chi connectivity index (χ2v) is 6.42. The van der Waals surface area contributed by atoms with Crippen molar-refractivity contribution in [1.82, 2.24) is 15.2 Å². The Hall–Kier alpha value is 0.0300. The van der Waals surface area contributed by atoms with Crippen LogP contribution in [0.4, 0.5) is 0 Å². The van der Waals surface area contributed by atoms with Gasteiger partial charge in [0.25, 0.3) is 0 Å². The Bertz CT molecular complexity index is 315. The van der Waals surface area contributed by atoms with Crippen LogP contribution in [0.2, 0.25) is 0 Å². The third-order valence-corrected chi connectivity index (χ3v) is 4.26. The van der Waals surface area contributed by atoms with Crippen molar-refractivity contribution in [3.63, 3.8) is 0 Å². The van der Waals surface area contributed by atoms with Gasteiger partial charge in [-0.3, -0.25) is 4.90 Å². The largest absolute Gasteiger partial charge is 0.316 e. The molecule has 1 aromatic rings. The van der Waals surface area contributed by atoms with Gasteiger partial charge in [-0.1, -0.05) is 0 Å². The summed E-state index contributed by atoms with van der Waals surface area (Å²) in [5.41, 5.74) is 0. The molecule has 1 aliphatic rings. The van der Waals surface area contributed by atoms with Crippen LogP contribution in [0, 0.1) is 0 Å². The number of likely N-dealkylation sites (tertiary alicyclic amines) is 1. The summed E-state index contributed by atoms with van der Waals surface area (Å²) in [4.78, 5) is 6.85. The minimum atomic E-state index is 0.655. The number of rotatable bonds is 3. The van der Waals surface area contributed by atoms with Gasteiger partial charge in [-0.05, 0) is 42.4 Å². The summed E-state index contributed by atoms with van der Waals surface area (Å²) in [6.45, 7) is 3.34. The van der Waals surface area contributed by atoms with Crippen LogP contribution in [0.25, 0.3) is 0 Å². The Morgan fingerprint density at radius 1 is 1.73 bits per heavy atom. The first kappa shape index (κ1) is 11.5. The lowest BCUT2D eigenvalue weighted by Gasteiger charge is -2.31. The number of nitrogens with zero attached hydrogens (tertiary/aromatic N) is 2. The summed E-state index contributed by atoms with van der Waals surface area (Å²) in [5.74, 6) is 0. The predicted molar refractivity (Wildman–Crippen MR) is 67.2 cm³/mol. The van der Waals surface area contributed by atoms with Crippen molar-refractivity contribution >= 4 is 27.3 Å². The van der Waals surface area contributed by atoms with Gasteiger partial charge in [0.15, 0.2) is 0 Å². The van der Waals surface area contributed by atoms with E-state index in [0.29, 0.717) is 6.04 Å². The van der Waals surface area contributed by atoms with Gasteiger partial charge in [0.1, 0.15) is 5.01 Å². The van der Waals surface area contributed by atoms with Crippen LogP contribution in [-0.4, -0.2) is 36.1 Å². The van der Waals surface area contributed by atoms with E-state index in [9.17, 15) is 0 Å². The molecular weight excluding hydrogens is 274 g/mol. The van der Waals surface area contributed by atoms with E-state index < -0.39 is 0 Å². The highest BCUT2D eigenvalue weighted by Gasteiger charge is 2.19. The molecule has 0 radical (unpaired) electrons. The Balaban J connectivity index is 1.88. The molecule has 0 aliphatic carbocycles. The van der Waals surface area contributed by atoms with Crippen LogP contribution >= 0.6 is 27.3 Å². The predicted octanol–water partition coefficient (Wildman–Crippen LogP) is 2.09. The van der Waals surface area contributed by atoms with E-state index >= 15 is 0 Å². The van der Waals surface area contributed by atoms with E-state index in [2.05, 4.69) is 31.1 Å². The van der Waals surface area contributed by atoms with Gasteiger partial charge >= 0.3 is 0 Å². The van der Waals surface area contributed by atoms with Gasteiger partial charge in [-0.2, -0.15) is 0 Å². The van der Waals surface area contributed by atoms with Gasteiger partial charge < -0.3 is 5.32 Å². The number of aromatic nitrogens is 1. The highest BCUT2D eigenvalue weighted by atomic mass is 79.9. The summed E-state index contributed by atoms with van der Waals surface area (Å²) < 4.78 is 1.12. The van der Waals surface area contributed by atoms with Crippen LogP contribution in [0.5, 0.6) is 0 Å². The lowest BCUT2D eigenvalue weighted by atomic mass is 10.1. The molecule has 5 heteroatoms. The number of piperidine rings is 1. The average molecular weight is 290 g/mol. The van der Waals surface area contributed by atoms with Crippen molar-refractivity contribution in [2.75, 3.05) is 20.1 Å². The second-order valence-electron chi connectivity index (χ2n) is 3.92. The molecule has 3 nitrogen and oxygen atoms in total. The fourth-order valence-corrected chi connectivity index (χ4v) is 3.33. The highest BCUT2D eigenvalue weighted by molar-refractivity contribution is 9.11. The first-order valence-corrected chi connectivity index (χ1v) is 6.88. The molecule has 84 valence electrons. The third-order valence-electron chi connectivity index (χ3n) is 2.80. The maximum atomic E-state index is 4.37. The Morgan fingerprint density at radius 2 is 2.60 bits per heavy atom. The lowest BCUT2D eigenvalue weighted by molar-refractivity contribution is 0.188. The summed E-state index contributed by atoms with van der Waals surface area (Å²) in [5, 5.41) is 4.56. The van der Waals surface area contributed by atoms with E-state index in [1.54, 1.807) is 11.3 Å². The molecule has 1 aromatic heterocycles. The molecule has 1 unspecified atom stereocenters. The van der Waals surface area contributed by atoms with Crippen molar-refractivity contribution < 1.29 is 0 Å². The first-order chi connectivity index (χ1) is 7.28. The van der Waals surface area contributed by atoms with Crippen LogP contribution < -0.4 is 5.32 Å². The fourth-order valence-electron chi connectivity index (χ4n) is 1.99. The number of hydrogen-bond donors (Lipinski definition) is 1. The Kier molecular flexibility index (Phi) is 4.13. The van der Waals surface area contributed by atoms with Gasteiger partial charge in [-0.25, -0.2) is 4.98 Å². The molecule has 0 spiro atoms. The number of halogens is 1. The standard InChI is InChI=1S/C10H16BrN3S/c1-12-8-3-2-4-14(6-8)7-10-13-5-9(11)15-10/h5,8,12H,2-4,6-7H2,1H3. The summed E-state index contributed by atoms with van der Waals surface area (Å²) in [6.07, 6.45) is 4.48. The van der Waals surface area contributed by atoms with Gasteiger partial charge in [0.2, 0.25) is 0 Å². The van der Waals surface area contributed by atoms with Crippen LogP contribution in [-0.2, 0) is 6.54 Å². The zero-order valence-electron chi connectivity index (χ0n) is 8.87. The molecule has 1 fully saturated rings. The van der Waals surface area contributed by atoms with E-state index in [-0.39, 0.29) is 0 Å². The lowest BCUT2D eigenvalue weighted by Crippen LogP contribution is -2.43. The monoisotopic (exact) mass is 289 g/mol. The van der Waals surface area contributed by atoms with Crippen LogP contribution in [0.3, 0.4) is 0 Å². The van der Waals surface area contributed by atoms with Crippen molar-refractivity contribution in [2.45, 2.75) is 25.4 Å². The van der Waals surface area contributed by atoms with Gasteiger partial charge in [0.05, 0.1) is 16.5 Å². The number of nitrogens with one attached hydrogen (secondary N) is 1. The molecule has 0 saturated carbocycles. The normalized spacial score (nSPS) is 23.2. The number of thiazole rings is 1. The molecule has 1 aliphatic heterocycles. The SMILES string of the molecule is CNC1CCCN(Cc2ncc(Br)s2)C1. The zero-order chi connectivity index (χ0) is 10.7. The Morgan fingerprint density at radius 3 is 3.27 bits per heavy atom. The van der Waals surface area contributed by atoms with Crippen LogP contribution in [0.15, 0.2) is 9.98 Å². The number of hydrogen-bond acceptors (Lipinski definition) is 4. The quantitative estimate of drug-likeness (QED) is 0.924. The van der Waals surface area contributed by atoms with Gasteiger partial charge in [-0.15, -0.1) is 11.3 Å². The van der Waals surface area contributed by atoms with Crippen LogP contribution in [0.1, 0.15) is 17.8 Å². The summed E-state index contributed by atoms with van der Waals surface area (Å²) in [7, 11) is 2.05. The van der Waals surface area contributed by atoms with Crippen molar-refractivity contribution in [2.24, 2.45) is 0 Å².